The van der Waals surface area contributed by atoms with Gasteiger partial charge in [0.25, 0.3) is 0 Å². The number of benzene rings is 2. The van der Waals surface area contributed by atoms with Crippen LogP contribution in [0.2, 0.25) is 5.02 Å². The summed E-state index contributed by atoms with van der Waals surface area (Å²) < 4.78 is 0.642. The van der Waals surface area contributed by atoms with Crippen LogP contribution in [-0.4, -0.2) is 4.98 Å². The molecule has 4 heteroatoms. The summed E-state index contributed by atoms with van der Waals surface area (Å²) in [5, 5.41) is 1.80. The number of H-pyrrole nitrogens is 1. The van der Waals surface area contributed by atoms with Crippen LogP contribution in [-0.2, 0) is 0 Å². The van der Waals surface area contributed by atoms with Crippen LogP contribution in [0.15, 0.2) is 45.7 Å². The molecule has 0 bridgehead atoms. The lowest BCUT2D eigenvalue weighted by Gasteiger charge is -2.05. The first-order valence-electron chi connectivity index (χ1n) is 5.07. The molecule has 1 N–H and O–H groups in total. The maximum Gasteiger partial charge on any atom is 0.198 e. The van der Waals surface area contributed by atoms with Gasteiger partial charge < -0.3 is 4.98 Å². The van der Waals surface area contributed by atoms with Crippen molar-refractivity contribution in [3.63, 3.8) is 0 Å². The largest absolute Gasteiger partial charge is 0.354 e. The zero-order valence-corrected chi connectivity index (χ0v) is 11.0. The summed E-state index contributed by atoms with van der Waals surface area (Å²) in [6.45, 7) is 0. The predicted molar refractivity (Wildman–Crippen MR) is 74.8 cm³/mol. The van der Waals surface area contributed by atoms with Gasteiger partial charge in [-0.1, -0.05) is 23.7 Å². The first-order chi connectivity index (χ1) is 8.18. The first kappa shape index (κ1) is 10.8. The Bertz CT molecular complexity index is 794. The lowest BCUT2D eigenvalue weighted by Crippen LogP contribution is -2.04. The van der Waals surface area contributed by atoms with Crippen LogP contribution in [0.5, 0.6) is 0 Å². The molecule has 0 aliphatic rings. The molecule has 0 atom stereocenters. The van der Waals surface area contributed by atoms with Crippen LogP contribution in [0.1, 0.15) is 0 Å². The Morgan fingerprint density at radius 2 is 1.82 bits per heavy atom. The van der Waals surface area contributed by atoms with E-state index in [1.807, 2.05) is 24.3 Å². The van der Waals surface area contributed by atoms with Gasteiger partial charge in [0.2, 0.25) is 0 Å². The normalized spacial score (nSPS) is 11.2. The van der Waals surface area contributed by atoms with Gasteiger partial charge in [0, 0.05) is 15.4 Å². The number of pyridine rings is 1. The summed E-state index contributed by atoms with van der Waals surface area (Å²) in [7, 11) is 0. The maximum absolute atomic E-state index is 12.4. The van der Waals surface area contributed by atoms with E-state index in [0.29, 0.717) is 20.3 Å². The van der Waals surface area contributed by atoms with Crippen LogP contribution >= 0.6 is 27.5 Å². The summed E-state index contributed by atoms with van der Waals surface area (Å²) in [6, 6.07) is 11.0. The van der Waals surface area contributed by atoms with Crippen molar-refractivity contribution in [2.75, 3.05) is 0 Å². The van der Waals surface area contributed by atoms with Crippen molar-refractivity contribution >= 4 is 49.3 Å². The van der Waals surface area contributed by atoms with Gasteiger partial charge in [-0.05, 0) is 40.2 Å². The predicted octanol–water partition coefficient (Wildman–Crippen LogP) is 4.10. The second kappa shape index (κ2) is 3.86. The lowest BCUT2D eigenvalue weighted by atomic mass is 10.1. The number of fused-ring (bicyclic) bond motifs is 2. The van der Waals surface area contributed by atoms with Crippen LogP contribution in [0.3, 0.4) is 0 Å². The minimum absolute atomic E-state index is 0.0104. The van der Waals surface area contributed by atoms with Gasteiger partial charge in [-0.3, -0.25) is 4.79 Å². The molecule has 3 rings (SSSR count). The highest BCUT2D eigenvalue weighted by Crippen LogP contribution is 2.29. The molecule has 0 saturated carbocycles. The van der Waals surface area contributed by atoms with Crippen molar-refractivity contribution in [1.29, 1.82) is 0 Å². The summed E-state index contributed by atoms with van der Waals surface area (Å²) in [4.78, 5) is 15.6. The van der Waals surface area contributed by atoms with Crippen molar-refractivity contribution in [3.05, 3.63) is 56.1 Å². The van der Waals surface area contributed by atoms with Gasteiger partial charge in [0.1, 0.15) is 0 Å². The Kier molecular flexibility index (Phi) is 2.45. The van der Waals surface area contributed by atoms with Gasteiger partial charge in [-0.2, -0.15) is 0 Å². The average molecular weight is 309 g/mol. The number of hydrogen-bond acceptors (Lipinski definition) is 1. The number of hydrogen-bond donors (Lipinski definition) is 1. The third kappa shape index (κ3) is 1.58. The summed E-state index contributed by atoms with van der Waals surface area (Å²) in [5.41, 5.74) is 1.60. The Morgan fingerprint density at radius 1 is 1.06 bits per heavy atom. The minimum Gasteiger partial charge on any atom is -0.354 e. The molecule has 1 aromatic heterocycles. The Hall–Kier alpha value is -1.32. The van der Waals surface area contributed by atoms with Crippen molar-refractivity contribution < 1.29 is 0 Å². The van der Waals surface area contributed by atoms with Crippen molar-refractivity contribution in [2.45, 2.75) is 0 Å². The highest BCUT2D eigenvalue weighted by Gasteiger charge is 2.10. The molecular formula is C13H7BrClNO. The van der Waals surface area contributed by atoms with Gasteiger partial charge in [-0.25, -0.2) is 0 Å². The molecular weight excluding hydrogens is 302 g/mol. The number of halogens is 2. The molecule has 3 aromatic rings. The molecule has 0 saturated heterocycles. The summed E-state index contributed by atoms with van der Waals surface area (Å²) in [6.07, 6.45) is 0. The van der Waals surface area contributed by atoms with E-state index in [0.717, 1.165) is 11.0 Å². The molecule has 0 radical (unpaired) electrons. The number of nitrogens with one attached hydrogen (secondary N) is 1. The van der Waals surface area contributed by atoms with E-state index in [1.54, 1.807) is 12.1 Å². The summed E-state index contributed by atoms with van der Waals surface area (Å²) >= 11 is 9.38. The smallest absolute Gasteiger partial charge is 0.198 e. The first-order valence-corrected chi connectivity index (χ1v) is 6.24. The third-order valence-electron chi connectivity index (χ3n) is 2.76. The van der Waals surface area contributed by atoms with Crippen molar-refractivity contribution in [2.24, 2.45) is 0 Å². The molecule has 17 heavy (non-hydrogen) atoms. The topological polar surface area (TPSA) is 32.9 Å². The van der Waals surface area contributed by atoms with Crippen LogP contribution < -0.4 is 5.43 Å². The Morgan fingerprint density at radius 3 is 2.65 bits per heavy atom. The van der Waals surface area contributed by atoms with Crippen LogP contribution in [0.4, 0.5) is 0 Å². The zero-order valence-electron chi connectivity index (χ0n) is 8.63. The molecule has 84 valence electrons. The minimum atomic E-state index is -0.0104. The third-order valence-corrected chi connectivity index (χ3v) is 4.13. The highest BCUT2D eigenvalue weighted by atomic mass is 79.9. The zero-order chi connectivity index (χ0) is 12.0. The summed E-state index contributed by atoms with van der Waals surface area (Å²) in [5.74, 6) is 0. The van der Waals surface area contributed by atoms with E-state index in [2.05, 4.69) is 20.9 Å². The molecule has 2 nitrogen and oxygen atoms in total. The van der Waals surface area contributed by atoms with Gasteiger partial charge in [0.15, 0.2) is 5.43 Å². The van der Waals surface area contributed by atoms with Crippen molar-refractivity contribution in [3.8, 4) is 0 Å². The van der Waals surface area contributed by atoms with E-state index >= 15 is 0 Å². The molecule has 0 spiro atoms. The molecule has 2 aromatic carbocycles. The Labute approximate surface area is 110 Å². The molecule has 0 unspecified atom stereocenters. The molecule has 0 amide bonds. The van der Waals surface area contributed by atoms with E-state index in [1.165, 1.54) is 0 Å². The fraction of sp³-hybridized carbons (Fsp3) is 0. The lowest BCUT2D eigenvalue weighted by molar-refractivity contribution is 1.47. The van der Waals surface area contributed by atoms with Crippen molar-refractivity contribution in [1.82, 2.24) is 4.98 Å². The number of para-hydroxylation sites is 1. The SMILES string of the molecule is O=c1c2ccccc2[nH]c2ccc(Cl)c(Br)c12. The second-order valence-corrected chi connectivity index (χ2v) is 4.98. The molecule has 0 fully saturated rings. The van der Waals surface area contributed by atoms with Gasteiger partial charge in [-0.15, -0.1) is 0 Å². The van der Waals surface area contributed by atoms with E-state index in [-0.39, 0.29) is 5.43 Å². The fourth-order valence-electron chi connectivity index (χ4n) is 1.95. The maximum atomic E-state index is 12.4. The van der Waals surface area contributed by atoms with Gasteiger partial charge >= 0.3 is 0 Å². The van der Waals surface area contributed by atoms with E-state index < -0.39 is 0 Å². The quantitative estimate of drug-likeness (QED) is 0.623. The van der Waals surface area contributed by atoms with Crippen LogP contribution in [0, 0.1) is 0 Å². The second-order valence-electron chi connectivity index (χ2n) is 3.78. The molecule has 0 aliphatic heterocycles. The number of aromatic nitrogens is 1. The van der Waals surface area contributed by atoms with E-state index in [9.17, 15) is 4.79 Å². The fourth-order valence-corrected chi connectivity index (χ4v) is 2.63. The Balaban J connectivity index is 2.66. The highest BCUT2D eigenvalue weighted by molar-refractivity contribution is 9.10. The number of rotatable bonds is 0. The standard InChI is InChI=1S/C13H7BrClNO/c14-12-8(15)5-6-10-11(12)13(17)7-3-1-2-4-9(7)16-10/h1-6H,(H,16,17). The molecule has 1 heterocycles. The van der Waals surface area contributed by atoms with Crippen LogP contribution in [0.25, 0.3) is 21.8 Å². The number of aromatic amines is 1. The monoisotopic (exact) mass is 307 g/mol. The van der Waals surface area contributed by atoms with E-state index in [4.69, 9.17) is 11.6 Å². The average Bonchev–Trinajstić information content (AvgIpc) is 2.34. The van der Waals surface area contributed by atoms with Gasteiger partial charge in [0.05, 0.1) is 15.9 Å². The molecule has 0 aliphatic carbocycles.